The molecule has 96 valence electrons. The molecule has 1 unspecified atom stereocenters. The van der Waals surface area contributed by atoms with Gasteiger partial charge in [-0.3, -0.25) is 0 Å². The van der Waals surface area contributed by atoms with Crippen molar-refractivity contribution in [3.8, 4) is 5.75 Å². The van der Waals surface area contributed by atoms with Crippen LogP contribution in [0.1, 0.15) is 36.5 Å². The van der Waals surface area contributed by atoms with Crippen LogP contribution in [-0.2, 0) is 6.42 Å². The highest BCUT2D eigenvalue weighted by molar-refractivity contribution is 6.32. The van der Waals surface area contributed by atoms with Crippen molar-refractivity contribution < 1.29 is 4.74 Å². The first-order valence-corrected chi connectivity index (χ1v) is 6.43. The normalized spacial score (nSPS) is 12.6. The fourth-order valence-electron chi connectivity index (χ4n) is 2.05. The van der Waals surface area contributed by atoms with Crippen LogP contribution in [0.2, 0.25) is 5.02 Å². The Morgan fingerprint density at radius 1 is 1.41 bits per heavy atom. The van der Waals surface area contributed by atoms with E-state index in [-0.39, 0.29) is 6.04 Å². The molecule has 1 aromatic carbocycles. The van der Waals surface area contributed by atoms with E-state index in [1.807, 2.05) is 19.9 Å². The Morgan fingerprint density at radius 2 is 2.06 bits per heavy atom. The molecule has 2 N–H and O–H groups in total. The van der Waals surface area contributed by atoms with Crippen LogP contribution in [0.5, 0.6) is 5.75 Å². The minimum atomic E-state index is 0.252. The molecule has 0 aliphatic carbocycles. The molecule has 0 saturated heterocycles. The van der Waals surface area contributed by atoms with Crippen molar-refractivity contribution in [2.24, 2.45) is 5.73 Å². The molecule has 0 saturated carbocycles. The average molecular weight is 256 g/mol. The average Bonchev–Trinajstić information content (AvgIpc) is 2.28. The van der Waals surface area contributed by atoms with Crippen molar-refractivity contribution in [3.63, 3.8) is 0 Å². The molecular weight excluding hydrogens is 234 g/mol. The second-order valence-electron chi connectivity index (χ2n) is 4.68. The van der Waals surface area contributed by atoms with E-state index in [1.165, 1.54) is 5.56 Å². The second-order valence-corrected chi connectivity index (χ2v) is 5.06. The van der Waals surface area contributed by atoms with Gasteiger partial charge in [0, 0.05) is 11.1 Å². The molecule has 0 amide bonds. The largest absolute Gasteiger partial charge is 0.496 e. The maximum atomic E-state index is 6.27. The topological polar surface area (TPSA) is 35.2 Å². The molecular formula is C14H22ClNO. The van der Waals surface area contributed by atoms with Crippen molar-refractivity contribution in [1.29, 1.82) is 0 Å². The highest BCUT2D eigenvalue weighted by Crippen LogP contribution is 2.32. The third kappa shape index (κ3) is 3.62. The first-order chi connectivity index (χ1) is 7.97. The van der Waals surface area contributed by atoms with Gasteiger partial charge in [-0.15, -0.1) is 0 Å². The van der Waals surface area contributed by atoms with Gasteiger partial charge in [-0.2, -0.15) is 0 Å². The van der Waals surface area contributed by atoms with E-state index in [1.54, 1.807) is 7.11 Å². The summed E-state index contributed by atoms with van der Waals surface area (Å²) >= 11 is 6.27. The molecule has 1 rings (SSSR count). The molecule has 2 nitrogen and oxygen atoms in total. The number of nitrogens with two attached hydrogens (primary N) is 1. The molecule has 0 spiro atoms. The van der Waals surface area contributed by atoms with Gasteiger partial charge in [0.2, 0.25) is 0 Å². The summed E-state index contributed by atoms with van der Waals surface area (Å²) in [4.78, 5) is 0. The van der Waals surface area contributed by atoms with E-state index >= 15 is 0 Å². The van der Waals surface area contributed by atoms with E-state index in [0.29, 0.717) is 0 Å². The van der Waals surface area contributed by atoms with Crippen LogP contribution in [0.3, 0.4) is 0 Å². The Bertz CT molecular complexity index is 388. The Labute approximate surface area is 109 Å². The summed E-state index contributed by atoms with van der Waals surface area (Å²) in [5.41, 5.74) is 9.17. The van der Waals surface area contributed by atoms with Crippen LogP contribution in [0, 0.1) is 13.8 Å². The Hall–Kier alpha value is -0.730. The van der Waals surface area contributed by atoms with Crippen LogP contribution < -0.4 is 10.5 Å². The number of hydrogen-bond donors (Lipinski definition) is 1. The van der Waals surface area contributed by atoms with E-state index < -0.39 is 0 Å². The van der Waals surface area contributed by atoms with Gasteiger partial charge >= 0.3 is 0 Å². The number of hydrogen-bond acceptors (Lipinski definition) is 2. The van der Waals surface area contributed by atoms with Gasteiger partial charge < -0.3 is 10.5 Å². The van der Waals surface area contributed by atoms with Gasteiger partial charge in [0.25, 0.3) is 0 Å². The molecule has 17 heavy (non-hydrogen) atoms. The van der Waals surface area contributed by atoms with Crippen molar-refractivity contribution in [2.45, 2.75) is 46.1 Å². The van der Waals surface area contributed by atoms with E-state index in [9.17, 15) is 0 Å². The van der Waals surface area contributed by atoms with Crippen molar-refractivity contribution in [2.75, 3.05) is 7.11 Å². The quantitative estimate of drug-likeness (QED) is 0.872. The first-order valence-electron chi connectivity index (χ1n) is 6.05. The lowest BCUT2D eigenvalue weighted by Crippen LogP contribution is -2.14. The van der Waals surface area contributed by atoms with Gasteiger partial charge in [-0.05, 0) is 62.8 Å². The van der Waals surface area contributed by atoms with Crippen LogP contribution in [0.4, 0.5) is 0 Å². The number of ether oxygens (including phenoxy) is 1. The van der Waals surface area contributed by atoms with Gasteiger partial charge in [-0.25, -0.2) is 0 Å². The minimum absolute atomic E-state index is 0.252. The summed E-state index contributed by atoms with van der Waals surface area (Å²) in [6.07, 6.45) is 3.05. The number of aryl methyl sites for hydroxylation is 1. The lowest BCUT2D eigenvalue weighted by atomic mass is 9.98. The molecule has 0 aromatic heterocycles. The summed E-state index contributed by atoms with van der Waals surface area (Å²) in [5, 5.41) is 0.849. The number of methoxy groups -OCH3 is 1. The number of benzene rings is 1. The monoisotopic (exact) mass is 255 g/mol. The zero-order valence-corrected chi connectivity index (χ0v) is 11.9. The Kier molecular flexibility index (Phi) is 5.29. The van der Waals surface area contributed by atoms with E-state index in [2.05, 4.69) is 6.92 Å². The molecule has 0 fully saturated rings. The molecule has 3 heteroatoms. The van der Waals surface area contributed by atoms with Crippen LogP contribution in [0.15, 0.2) is 6.07 Å². The zero-order chi connectivity index (χ0) is 13.0. The predicted octanol–water partition coefficient (Wildman–Crippen LogP) is 3.64. The van der Waals surface area contributed by atoms with Gasteiger partial charge in [0.1, 0.15) is 5.75 Å². The fourth-order valence-corrected chi connectivity index (χ4v) is 2.22. The van der Waals surface area contributed by atoms with Gasteiger partial charge in [0.05, 0.1) is 7.11 Å². The summed E-state index contributed by atoms with van der Waals surface area (Å²) < 4.78 is 5.43. The predicted molar refractivity (Wildman–Crippen MR) is 74.1 cm³/mol. The van der Waals surface area contributed by atoms with E-state index in [4.69, 9.17) is 22.1 Å². The maximum absolute atomic E-state index is 6.27. The highest BCUT2D eigenvalue weighted by Gasteiger charge is 2.12. The maximum Gasteiger partial charge on any atom is 0.122 e. The van der Waals surface area contributed by atoms with Crippen molar-refractivity contribution in [1.82, 2.24) is 0 Å². The summed E-state index contributed by atoms with van der Waals surface area (Å²) in [5.74, 6) is 0.939. The van der Waals surface area contributed by atoms with Crippen LogP contribution >= 0.6 is 11.6 Å². The molecule has 1 aromatic rings. The van der Waals surface area contributed by atoms with Crippen LogP contribution in [0.25, 0.3) is 0 Å². The molecule has 0 radical (unpaired) electrons. The number of rotatable bonds is 5. The molecule has 0 aliphatic rings. The Morgan fingerprint density at radius 3 is 2.59 bits per heavy atom. The zero-order valence-electron chi connectivity index (χ0n) is 11.1. The lowest BCUT2D eigenvalue weighted by Gasteiger charge is -2.15. The van der Waals surface area contributed by atoms with Crippen molar-refractivity contribution in [3.05, 3.63) is 27.8 Å². The molecule has 1 atom stereocenters. The third-order valence-electron chi connectivity index (χ3n) is 3.08. The summed E-state index contributed by atoms with van der Waals surface area (Å²) in [6, 6.07) is 2.26. The minimum Gasteiger partial charge on any atom is -0.496 e. The molecule has 0 heterocycles. The second kappa shape index (κ2) is 6.27. The Balaban J connectivity index is 2.92. The standard InChI is InChI=1S/C14H22ClNO/c1-9-8-13(17-4)12(11(3)14(9)15)7-5-6-10(2)16/h8,10H,5-7,16H2,1-4H3. The molecule has 0 bridgehead atoms. The van der Waals surface area contributed by atoms with E-state index in [0.717, 1.165) is 41.2 Å². The van der Waals surface area contributed by atoms with Crippen LogP contribution in [-0.4, -0.2) is 13.2 Å². The molecule has 0 aliphatic heterocycles. The first kappa shape index (κ1) is 14.3. The third-order valence-corrected chi connectivity index (χ3v) is 3.66. The van der Waals surface area contributed by atoms with Gasteiger partial charge in [0.15, 0.2) is 0 Å². The summed E-state index contributed by atoms with van der Waals surface area (Å²) in [6.45, 7) is 6.09. The lowest BCUT2D eigenvalue weighted by molar-refractivity contribution is 0.407. The number of halogens is 1. The smallest absolute Gasteiger partial charge is 0.122 e. The highest BCUT2D eigenvalue weighted by atomic mass is 35.5. The SMILES string of the molecule is COc1cc(C)c(Cl)c(C)c1CCCC(C)N. The van der Waals surface area contributed by atoms with Gasteiger partial charge in [-0.1, -0.05) is 11.6 Å². The summed E-state index contributed by atoms with van der Waals surface area (Å²) in [7, 11) is 1.71. The van der Waals surface area contributed by atoms with Crippen molar-refractivity contribution >= 4 is 11.6 Å². The fraction of sp³-hybridized carbons (Fsp3) is 0.571.